The monoisotopic (exact) mass is 343 g/mol. The maximum atomic E-state index is 13.3. The van der Waals surface area contributed by atoms with Crippen molar-refractivity contribution >= 4 is 17.3 Å². The Hall–Kier alpha value is -3.07. The van der Waals surface area contributed by atoms with Crippen LogP contribution in [0.15, 0.2) is 72.8 Å². The first-order valence-electron chi connectivity index (χ1n) is 8.88. The maximum Gasteiger partial charge on any atom is 0.235 e. The number of benzene rings is 3. The van der Waals surface area contributed by atoms with Crippen LogP contribution in [0.25, 0.3) is 0 Å². The van der Waals surface area contributed by atoms with E-state index in [-0.39, 0.29) is 5.91 Å². The molecule has 0 radical (unpaired) electrons. The number of carbonyl (C=O) groups is 1. The van der Waals surface area contributed by atoms with Gasteiger partial charge in [0.05, 0.1) is 24.9 Å². The van der Waals surface area contributed by atoms with Gasteiger partial charge in [-0.3, -0.25) is 9.69 Å². The van der Waals surface area contributed by atoms with Gasteiger partial charge in [0, 0.05) is 0 Å². The first-order valence-corrected chi connectivity index (χ1v) is 8.88. The molecule has 130 valence electrons. The lowest BCUT2D eigenvalue weighted by Crippen LogP contribution is -2.28. The number of anilines is 2. The predicted molar refractivity (Wildman–Crippen MR) is 104 cm³/mol. The van der Waals surface area contributed by atoms with Gasteiger partial charge in [-0.15, -0.1) is 0 Å². The van der Waals surface area contributed by atoms with Gasteiger partial charge in [-0.25, -0.2) is 0 Å². The zero-order valence-corrected chi connectivity index (χ0v) is 14.8. The van der Waals surface area contributed by atoms with E-state index in [1.54, 1.807) is 7.11 Å². The van der Waals surface area contributed by atoms with Crippen LogP contribution < -0.4 is 9.64 Å². The fraction of sp³-hybridized carbons (Fsp3) is 0.174. The number of fused-ring (bicyclic) bond motifs is 2. The largest absolute Gasteiger partial charge is 0.497 e. The van der Waals surface area contributed by atoms with Crippen molar-refractivity contribution in [2.45, 2.75) is 19.3 Å². The number of para-hydroxylation sites is 2. The molecule has 0 saturated heterocycles. The zero-order chi connectivity index (χ0) is 17.9. The molecule has 0 fully saturated rings. The summed E-state index contributed by atoms with van der Waals surface area (Å²) in [7, 11) is 1.64. The highest BCUT2D eigenvalue weighted by Gasteiger charge is 2.25. The van der Waals surface area contributed by atoms with Gasteiger partial charge >= 0.3 is 0 Å². The molecule has 0 N–H and O–H groups in total. The SMILES string of the molecule is COc1ccc(CC(=O)N2c3ccccc3CCc3ccccc32)cc1. The zero-order valence-electron chi connectivity index (χ0n) is 14.8. The molecule has 3 aromatic carbocycles. The molecule has 1 aliphatic heterocycles. The average Bonchev–Trinajstić information content (AvgIpc) is 2.85. The molecular formula is C23H21NO2. The van der Waals surface area contributed by atoms with Crippen molar-refractivity contribution in [3.8, 4) is 5.75 Å². The minimum absolute atomic E-state index is 0.0805. The second kappa shape index (κ2) is 7.04. The van der Waals surface area contributed by atoms with E-state index >= 15 is 0 Å². The van der Waals surface area contributed by atoms with E-state index in [0.29, 0.717) is 6.42 Å². The second-order valence-electron chi connectivity index (χ2n) is 6.51. The molecule has 3 nitrogen and oxygen atoms in total. The van der Waals surface area contributed by atoms with Crippen molar-refractivity contribution in [1.29, 1.82) is 0 Å². The third-order valence-electron chi connectivity index (χ3n) is 4.89. The van der Waals surface area contributed by atoms with Gasteiger partial charge in [0.25, 0.3) is 0 Å². The van der Waals surface area contributed by atoms with E-state index < -0.39 is 0 Å². The predicted octanol–water partition coefficient (Wildman–Crippen LogP) is 4.70. The highest BCUT2D eigenvalue weighted by atomic mass is 16.5. The summed E-state index contributed by atoms with van der Waals surface area (Å²) in [4.78, 5) is 15.2. The first-order chi connectivity index (χ1) is 12.8. The highest BCUT2D eigenvalue weighted by Crippen LogP contribution is 2.36. The molecule has 1 aliphatic rings. The van der Waals surface area contributed by atoms with Crippen LogP contribution in [0.1, 0.15) is 16.7 Å². The fourth-order valence-electron chi connectivity index (χ4n) is 3.55. The molecule has 0 saturated carbocycles. The molecule has 1 heterocycles. The Kier molecular flexibility index (Phi) is 4.44. The van der Waals surface area contributed by atoms with Crippen molar-refractivity contribution in [2.24, 2.45) is 0 Å². The van der Waals surface area contributed by atoms with Crippen molar-refractivity contribution < 1.29 is 9.53 Å². The molecule has 1 amide bonds. The summed E-state index contributed by atoms with van der Waals surface area (Å²) in [5.41, 5.74) is 5.40. The Bertz CT molecular complexity index is 883. The summed E-state index contributed by atoms with van der Waals surface area (Å²) < 4.78 is 5.20. The Morgan fingerprint density at radius 3 is 1.92 bits per heavy atom. The van der Waals surface area contributed by atoms with E-state index in [0.717, 1.165) is 35.5 Å². The molecule has 0 bridgehead atoms. The van der Waals surface area contributed by atoms with Crippen LogP contribution in [0.5, 0.6) is 5.75 Å². The summed E-state index contributed by atoms with van der Waals surface area (Å²) in [5, 5.41) is 0. The van der Waals surface area contributed by atoms with Crippen LogP contribution in [0, 0.1) is 0 Å². The van der Waals surface area contributed by atoms with E-state index in [2.05, 4.69) is 12.1 Å². The van der Waals surface area contributed by atoms with E-state index in [1.165, 1.54) is 11.1 Å². The van der Waals surface area contributed by atoms with E-state index in [1.807, 2.05) is 65.6 Å². The van der Waals surface area contributed by atoms with Gasteiger partial charge in [0.15, 0.2) is 0 Å². The minimum Gasteiger partial charge on any atom is -0.497 e. The van der Waals surface area contributed by atoms with Gasteiger partial charge in [-0.1, -0.05) is 48.5 Å². The molecule has 0 unspecified atom stereocenters. The van der Waals surface area contributed by atoms with E-state index in [9.17, 15) is 4.79 Å². The summed E-state index contributed by atoms with van der Waals surface area (Å²) in [6, 6.07) is 24.1. The Balaban J connectivity index is 1.72. The van der Waals surface area contributed by atoms with Crippen molar-refractivity contribution in [1.82, 2.24) is 0 Å². The van der Waals surface area contributed by atoms with Crippen molar-refractivity contribution in [2.75, 3.05) is 12.0 Å². The normalized spacial score (nSPS) is 12.7. The standard InChI is InChI=1S/C23H21NO2/c1-26-20-14-10-17(11-15-20)16-23(25)24-21-8-4-2-6-18(21)12-13-19-7-3-5-9-22(19)24/h2-11,14-15H,12-13,16H2,1H3. The van der Waals surface area contributed by atoms with Crippen LogP contribution in [0.4, 0.5) is 11.4 Å². The maximum absolute atomic E-state index is 13.3. The third-order valence-corrected chi connectivity index (χ3v) is 4.89. The molecule has 0 aromatic heterocycles. The topological polar surface area (TPSA) is 29.5 Å². The Labute approximate surface area is 153 Å². The second-order valence-corrected chi connectivity index (χ2v) is 6.51. The smallest absolute Gasteiger partial charge is 0.235 e. The third kappa shape index (κ3) is 3.08. The van der Waals surface area contributed by atoms with Gasteiger partial charge in [0.2, 0.25) is 5.91 Å². The number of aryl methyl sites for hydroxylation is 2. The number of hydrogen-bond donors (Lipinski definition) is 0. The first kappa shape index (κ1) is 16.4. The van der Waals surface area contributed by atoms with E-state index in [4.69, 9.17) is 4.74 Å². The number of methoxy groups -OCH3 is 1. The van der Waals surface area contributed by atoms with Crippen LogP contribution in [-0.2, 0) is 24.1 Å². The van der Waals surface area contributed by atoms with Crippen LogP contribution in [-0.4, -0.2) is 13.0 Å². The summed E-state index contributed by atoms with van der Waals surface area (Å²) in [6.07, 6.45) is 2.24. The molecule has 26 heavy (non-hydrogen) atoms. The Morgan fingerprint density at radius 2 is 1.38 bits per heavy atom. The molecule has 4 rings (SSSR count). The van der Waals surface area contributed by atoms with Crippen LogP contribution >= 0.6 is 0 Å². The van der Waals surface area contributed by atoms with Crippen LogP contribution in [0.3, 0.4) is 0 Å². The number of carbonyl (C=O) groups excluding carboxylic acids is 1. The molecule has 3 aromatic rings. The molecule has 0 spiro atoms. The van der Waals surface area contributed by atoms with Crippen LogP contribution in [0.2, 0.25) is 0 Å². The number of amides is 1. The van der Waals surface area contributed by atoms with Gasteiger partial charge in [-0.2, -0.15) is 0 Å². The number of hydrogen-bond acceptors (Lipinski definition) is 2. The summed E-state index contributed by atoms with van der Waals surface area (Å²) in [5.74, 6) is 0.878. The van der Waals surface area contributed by atoms with Gasteiger partial charge < -0.3 is 4.74 Å². The van der Waals surface area contributed by atoms with Gasteiger partial charge in [-0.05, 0) is 53.8 Å². The van der Waals surface area contributed by atoms with Crippen molar-refractivity contribution in [3.05, 3.63) is 89.5 Å². The van der Waals surface area contributed by atoms with Gasteiger partial charge in [0.1, 0.15) is 5.75 Å². The fourth-order valence-corrected chi connectivity index (χ4v) is 3.55. The average molecular weight is 343 g/mol. The number of rotatable bonds is 3. The molecule has 0 aliphatic carbocycles. The highest BCUT2D eigenvalue weighted by molar-refractivity contribution is 6.03. The summed E-state index contributed by atoms with van der Waals surface area (Å²) >= 11 is 0. The minimum atomic E-state index is 0.0805. The lowest BCUT2D eigenvalue weighted by atomic mass is 10.0. The lowest BCUT2D eigenvalue weighted by Gasteiger charge is -2.25. The lowest BCUT2D eigenvalue weighted by molar-refractivity contribution is -0.117. The summed E-state index contributed by atoms with van der Waals surface area (Å²) in [6.45, 7) is 0. The molecule has 3 heteroatoms. The van der Waals surface area contributed by atoms with Crippen molar-refractivity contribution in [3.63, 3.8) is 0 Å². The molecular weight excluding hydrogens is 322 g/mol. The number of ether oxygens (including phenoxy) is 1. The Morgan fingerprint density at radius 1 is 0.846 bits per heavy atom. The molecule has 0 atom stereocenters. The quantitative estimate of drug-likeness (QED) is 0.690. The number of nitrogens with zero attached hydrogens (tertiary/aromatic N) is 1.